The second kappa shape index (κ2) is 9.17. The van der Waals surface area contributed by atoms with Crippen LogP contribution in [0.3, 0.4) is 0 Å². The van der Waals surface area contributed by atoms with Crippen LogP contribution in [0.5, 0.6) is 5.75 Å². The van der Waals surface area contributed by atoms with Crippen molar-refractivity contribution in [2.75, 3.05) is 39.3 Å². The van der Waals surface area contributed by atoms with Crippen molar-refractivity contribution in [1.29, 1.82) is 0 Å². The van der Waals surface area contributed by atoms with Gasteiger partial charge in [0, 0.05) is 32.6 Å². The number of halogens is 1. The SMILES string of the molecule is NCCCOc1ccc(F)cc1C(=O)N1CCC[C@@H](CN2CCCC2=O)C1. The Morgan fingerprint density at radius 1 is 1.30 bits per heavy atom. The van der Waals surface area contributed by atoms with Gasteiger partial charge in [0.2, 0.25) is 5.91 Å². The molecule has 0 unspecified atom stereocenters. The van der Waals surface area contributed by atoms with Crippen LogP contribution in [0.1, 0.15) is 42.5 Å². The van der Waals surface area contributed by atoms with Gasteiger partial charge in [-0.25, -0.2) is 4.39 Å². The summed E-state index contributed by atoms with van der Waals surface area (Å²) in [4.78, 5) is 28.6. The average molecular weight is 377 g/mol. The first-order valence-corrected chi connectivity index (χ1v) is 9.78. The van der Waals surface area contributed by atoms with Crippen LogP contribution in [-0.4, -0.2) is 60.9 Å². The Morgan fingerprint density at radius 2 is 2.15 bits per heavy atom. The van der Waals surface area contributed by atoms with Crippen molar-refractivity contribution >= 4 is 11.8 Å². The molecule has 0 aromatic heterocycles. The minimum atomic E-state index is -0.458. The van der Waals surface area contributed by atoms with Crippen molar-refractivity contribution in [2.45, 2.75) is 32.1 Å². The lowest BCUT2D eigenvalue weighted by Gasteiger charge is -2.35. The number of piperidine rings is 1. The molecule has 2 aliphatic rings. The largest absolute Gasteiger partial charge is 0.493 e. The highest BCUT2D eigenvalue weighted by molar-refractivity contribution is 5.97. The highest BCUT2D eigenvalue weighted by Crippen LogP contribution is 2.26. The van der Waals surface area contributed by atoms with E-state index < -0.39 is 5.82 Å². The first kappa shape index (κ1) is 19.6. The van der Waals surface area contributed by atoms with Gasteiger partial charge in [-0.1, -0.05) is 0 Å². The second-order valence-corrected chi connectivity index (χ2v) is 7.33. The quantitative estimate of drug-likeness (QED) is 0.738. The number of hydrogen-bond donors (Lipinski definition) is 1. The van der Waals surface area contributed by atoms with Crippen molar-refractivity contribution < 1.29 is 18.7 Å². The summed E-state index contributed by atoms with van der Waals surface area (Å²) in [5.74, 6) is 0.196. The molecule has 3 rings (SSSR count). The fourth-order valence-electron chi connectivity index (χ4n) is 3.84. The molecule has 148 valence electrons. The molecular weight excluding hydrogens is 349 g/mol. The molecular formula is C20H28FN3O3. The summed E-state index contributed by atoms with van der Waals surface area (Å²) < 4.78 is 19.4. The lowest BCUT2D eigenvalue weighted by Crippen LogP contribution is -2.44. The van der Waals surface area contributed by atoms with E-state index in [1.807, 2.05) is 4.90 Å². The molecule has 0 spiro atoms. The van der Waals surface area contributed by atoms with Crippen molar-refractivity contribution in [3.05, 3.63) is 29.6 Å². The number of hydrogen-bond acceptors (Lipinski definition) is 4. The maximum Gasteiger partial charge on any atom is 0.257 e. The van der Waals surface area contributed by atoms with E-state index in [1.54, 1.807) is 4.90 Å². The Balaban J connectivity index is 1.67. The lowest BCUT2D eigenvalue weighted by atomic mass is 9.96. The Labute approximate surface area is 159 Å². The molecule has 1 aromatic carbocycles. The molecule has 0 aliphatic carbocycles. The molecule has 2 saturated heterocycles. The number of carbonyl (C=O) groups is 2. The number of benzene rings is 1. The normalized spacial score (nSPS) is 20.2. The number of rotatable bonds is 7. The standard InChI is InChI=1S/C20H28FN3O3/c21-16-6-7-18(27-11-3-8-22)17(12-16)20(26)24-10-1-4-15(14-24)13-23-9-2-5-19(23)25/h6-7,12,15H,1-5,8-11,13-14,22H2/t15-/m0/s1. The molecule has 0 radical (unpaired) electrons. The summed E-state index contributed by atoms with van der Waals surface area (Å²) in [7, 11) is 0. The Kier molecular flexibility index (Phi) is 6.66. The summed E-state index contributed by atoms with van der Waals surface area (Å²) in [5, 5.41) is 0. The van der Waals surface area contributed by atoms with E-state index in [1.165, 1.54) is 18.2 Å². The van der Waals surface area contributed by atoms with Gasteiger partial charge < -0.3 is 20.3 Å². The van der Waals surface area contributed by atoms with Gasteiger partial charge in [-0.3, -0.25) is 9.59 Å². The Morgan fingerprint density at radius 3 is 2.89 bits per heavy atom. The predicted molar refractivity (Wildman–Crippen MR) is 100 cm³/mol. The minimum Gasteiger partial charge on any atom is -0.493 e. The molecule has 27 heavy (non-hydrogen) atoms. The van der Waals surface area contributed by atoms with Crippen molar-refractivity contribution in [3.8, 4) is 5.75 Å². The highest BCUT2D eigenvalue weighted by atomic mass is 19.1. The van der Waals surface area contributed by atoms with E-state index in [4.69, 9.17) is 10.5 Å². The van der Waals surface area contributed by atoms with Crippen LogP contribution in [0.2, 0.25) is 0 Å². The van der Waals surface area contributed by atoms with Crippen molar-refractivity contribution in [1.82, 2.24) is 9.80 Å². The number of likely N-dealkylation sites (tertiary alicyclic amines) is 2. The van der Waals surface area contributed by atoms with Gasteiger partial charge in [-0.15, -0.1) is 0 Å². The Bertz CT molecular complexity index is 682. The van der Waals surface area contributed by atoms with Crippen LogP contribution in [-0.2, 0) is 4.79 Å². The van der Waals surface area contributed by atoms with E-state index >= 15 is 0 Å². The zero-order valence-corrected chi connectivity index (χ0v) is 15.7. The maximum absolute atomic E-state index is 13.8. The lowest BCUT2D eigenvalue weighted by molar-refractivity contribution is -0.128. The van der Waals surface area contributed by atoms with Gasteiger partial charge in [0.1, 0.15) is 11.6 Å². The predicted octanol–water partition coefficient (Wildman–Crippen LogP) is 2.03. The Hall–Kier alpha value is -2.15. The van der Waals surface area contributed by atoms with E-state index in [-0.39, 0.29) is 23.3 Å². The maximum atomic E-state index is 13.8. The summed E-state index contributed by atoms with van der Waals surface area (Å²) in [6, 6.07) is 4.05. The van der Waals surface area contributed by atoms with E-state index in [0.717, 1.165) is 25.8 Å². The van der Waals surface area contributed by atoms with Crippen LogP contribution >= 0.6 is 0 Å². The van der Waals surface area contributed by atoms with E-state index in [0.29, 0.717) is 51.4 Å². The summed E-state index contributed by atoms with van der Waals surface area (Å²) >= 11 is 0. The van der Waals surface area contributed by atoms with Crippen molar-refractivity contribution in [2.24, 2.45) is 11.7 Å². The van der Waals surface area contributed by atoms with Gasteiger partial charge in [0.15, 0.2) is 0 Å². The number of nitrogens with zero attached hydrogens (tertiary/aromatic N) is 2. The molecule has 1 atom stereocenters. The molecule has 7 heteroatoms. The second-order valence-electron chi connectivity index (χ2n) is 7.33. The third-order valence-corrected chi connectivity index (χ3v) is 5.23. The summed E-state index contributed by atoms with van der Waals surface area (Å²) in [5.41, 5.74) is 5.74. The van der Waals surface area contributed by atoms with E-state index in [2.05, 4.69) is 0 Å². The topological polar surface area (TPSA) is 75.9 Å². The van der Waals surface area contributed by atoms with Crippen LogP contribution in [0.25, 0.3) is 0 Å². The molecule has 0 bridgehead atoms. The molecule has 2 amide bonds. The summed E-state index contributed by atoms with van der Waals surface area (Å²) in [6.07, 6.45) is 4.09. The van der Waals surface area contributed by atoms with Crippen molar-refractivity contribution in [3.63, 3.8) is 0 Å². The first-order chi connectivity index (χ1) is 13.1. The third-order valence-electron chi connectivity index (χ3n) is 5.23. The van der Waals surface area contributed by atoms with Crippen LogP contribution in [0.15, 0.2) is 18.2 Å². The smallest absolute Gasteiger partial charge is 0.257 e. The molecule has 2 fully saturated rings. The zero-order valence-electron chi connectivity index (χ0n) is 15.7. The first-order valence-electron chi connectivity index (χ1n) is 9.78. The third kappa shape index (κ3) is 4.97. The number of carbonyl (C=O) groups excluding carboxylic acids is 2. The van der Waals surface area contributed by atoms with Gasteiger partial charge in [0.25, 0.3) is 5.91 Å². The summed E-state index contributed by atoms with van der Waals surface area (Å²) in [6.45, 7) is 3.62. The van der Waals surface area contributed by atoms with Crippen LogP contribution < -0.4 is 10.5 Å². The fourth-order valence-corrected chi connectivity index (χ4v) is 3.84. The highest BCUT2D eigenvalue weighted by Gasteiger charge is 2.30. The van der Waals surface area contributed by atoms with E-state index in [9.17, 15) is 14.0 Å². The number of ether oxygens (including phenoxy) is 1. The zero-order chi connectivity index (χ0) is 19.2. The minimum absolute atomic E-state index is 0.208. The molecule has 0 saturated carbocycles. The average Bonchev–Trinajstić information content (AvgIpc) is 3.07. The van der Waals surface area contributed by atoms with Crippen LogP contribution in [0.4, 0.5) is 4.39 Å². The van der Waals surface area contributed by atoms with Gasteiger partial charge >= 0.3 is 0 Å². The monoisotopic (exact) mass is 377 g/mol. The molecule has 6 nitrogen and oxygen atoms in total. The van der Waals surface area contributed by atoms with Gasteiger partial charge in [0.05, 0.1) is 12.2 Å². The molecule has 2 heterocycles. The molecule has 2 aliphatic heterocycles. The van der Waals surface area contributed by atoms with Gasteiger partial charge in [-0.05, 0) is 56.3 Å². The number of amides is 2. The molecule has 2 N–H and O–H groups in total. The molecule has 1 aromatic rings. The van der Waals surface area contributed by atoms with Gasteiger partial charge in [-0.2, -0.15) is 0 Å². The number of nitrogens with two attached hydrogens (primary N) is 1. The fraction of sp³-hybridized carbons (Fsp3) is 0.600. The van der Waals surface area contributed by atoms with Crippen LogP contribution in [0, 0.1) is 11.7 Å².